The summed E-state index contributed by atoms with van der Waals surface area (Å²) in [5, 5.41) is 9.06. The summed E-state index contributed by atoms with van der Waals surface area (Å²) >= 11 is 0. The molecule has 0 bridgehead atoms. The molecule has 0 fully saturated rings. The lowest BCUT2D eigenvalue weighted by atomic mass is 10.2. The second kappa shape index (κ2) is 6.98. The molecule has 0 atom stereocenters. The van der Waals surface area contributed by atoms with Gasteiger partial charge in [0.1, 0.15) is 5.82 Å². The van der Waals surface area contributed by atoms with Crippen LogP contribution in [0.1, 0.15) is 26.7 Å². The summed E-state index contributed by atoms with van der Waals surface area (Å²) in [6.45, 7) is 3.61. The molecular weight excluding hydrogens is 269 g/mol. The van der Waals surface area contributed by atoms with E-state index in [2.05, 4.69) is 0 Å². The number of halogens is 1. The van der Waals surface area contributed by atoms with Crippen molar-refractivity contribution in [3.05, 3.63) is 30.1 Å². The zero-order valence-corrected chi connectivity index (χ0v) is 12.0. The lowest BCUT2D eigenvalue weighted by Crippen LogP contribution is -2.41. The fourth-order valence-electron chi connectivity index (χ4n) is 2.04. The fraction of sp³-hybridized carbons (Fsp3) is 0.538. The number of aliphatic hydroxyl groups is 1. The summed E-state index contributed by atoms with van der Waals surface area (Å²) in [4.78, 5) is 0.0502. The first-order valence-electron chi connectivity index (χ1n) is 6.35. The molecule has 0 unspecified atom stereocenters. The van der Waals surface area contributed by atoms with Crippen molar-refractivity contribution in [1.82, 2.24) is 4.31 Å². The maximum absolute atomic E-state index is 12.9. The number of rotatable bonds is 7. The molecule has 1 N–H and O–H groups in total. The van der Waals surface area contributed by atoms with Crippen LogP contribution in [0, 0.1) is 5.82 Å². The van der Waals surface area contributed by atoms with Gasteiger partial charge in [0.2, 0.25) is 10.0 Å². The number of hydrogen-bond donors (Lipinski definition) is 1. The van der Waals surface area contributed by atoms with Gasteiger partial charge in [-0.15, -0.1) is 0 Å². The van der Waals surface area contributed by atoms with Crippen molar-refractivity contribution >= 4 is 10.0 Å². The predicted molar refractivity (Wildman–Crippen MR) is 71.7 cm³/mol. The van der Waals surface area contributed by atoms with Gasteiger partial charge in [-0.3, -0.25) is 0 Å². The molecule has 108 valence electrons. The minimum Gasteiger partial charge on any atom is -0.395 e. The molecule has 6 heteroatoms. The standard InChI is InChI=1S/C13H20FNO3S/c1-3-12(4-2)15(9-10-16)19(17,18)13-7-5-11(14)6-8-13/h5-8,12,16H,3-4,9-10H2,1-2H3. The Kier molecular flexibility index (Phi) is 5.90. The van der Waals surface area contributed by atoms with Crippen LogP contribution in [0.4, 0.5) is 4.39 Å². The van der Waals surface area contributed by atoms with Crippen LogP contribution in [0.15, 0.2) is 29.2 Å². The second-order valence-electron chi connectivity index (χ2n) is 4.26. The van der Waals surface area contributed by atoms with E-state index < -0.39 is 15.8 Å². The van der Waals surface area contributed by atoms with Crippen molar-refractivity contribution in [2.45, 2.75) is 37.6 Å². The lowest BCUT2D eigenvalue weighted by Gasteiger charge is -2.29. The van der Waals surface area contributed by atoms with E-state index in [9.17, 15) is 12.8 Å². The Morgan fingerprint density at radius 3 is 2.16 bits per heavy atom. The van der Waals surface area contributed by atoms with Gasteiger partial charge in [0.15, 0.2) is 0 Å². The molecule has 0 radical (unpaired) electrons. The Labute approximate surface area is 113 Å². The normalized spacial score (nSPS) is 12.3. The molecule has 1 aromatic carbocycles. The minimum atomic E-state index is -3.70. The Balaban J connectivity index is 3.15. The average Bonchev–Trinajstić information content (AvgIpc) is 2.39. The number of nitrogens with zero attached hydrogens (tertiary/aromatic N) is 1. The Hall–Kier alpha value is -0.980. The van der Waals surface area contributed by atoms with Crippen LogP contribution in [-0.4, -0.2) is 37.0 Å². The van der Waals surface area contributed by atoms with E-state index >= 15 is 0 Å². The highest BCUT2D eigenvalue weighted by molar-refractivity contribution is 7.89. The molecule has 1 rings (SSSR count). The molecule has 0 aromatic heterocycles. The Bertz CT molecular complexity index is 483. The van der Waals surface area contributed by atoms with Gasteiger partial charge in [-0.05, 0) is 37.1 Å². The zero-order valence-electron chi connectivity index (χ0n) is 11.2. The molecular formula is C13H20FNO3S. The van der Waals surface area contributed by atoms with Gasteiger partial charge < -0.3 is 5.11 Å². The van der Waals surface area contributed by atoms with E-state index in [4.69, 9.17) is 5.11 Å². The number of benzene rings is 1. The molecule has 0 aliphatic carbocycles. The molecule has 1 aromatic rings. The summed E-state index contributed by atoms with van der Waals surface area (Å²) in [7, 11) is -3.70. The van der Waals surface area contributed by atoms with Crippen molar-refractivity contribution in [2.75, 3.05) is 13.2 Å². The van der Waals surface area contributed by atoms with Gasteiger partial charge in [0.05, 0.1) is 11.5 Å². The monoisotopic (exact) mass is 289 g/mol. The zero-order chi connectivity index (χ0) is 14.5. The van der Waals surface area contributed by atoms with Crippen molar-refractivity contribution in [2.24, 2.45) is 0 Å². The summed E-state index contributed by atoms with van der Waals surface area (Å²) in [6, 6.07) is 4.57. The van der Waals surface area contributed by atoms with Crippen LogP contribution in [0.25, 0.3) is 0 Å². The molecule has 0 saturated heterocycles. The van der Waals surface area contributed by atoms with E-state index in [1.54, 1.807) is 0 Å². The van der Waals surface area contributed by atoms with Crippen LogP contribution in [0.5, 0.6) is 0 Å². The largest absolute Gasteiger partial charge is 0.395 e. The van der Waals surface area contributed by atoms with E-state index in [1.165, 1.54) is 16.4 Å². The van der Waals surface area contributed by atoms with Gasteiger partial charge in [0.25, 0.3) is 0 Å². The van der Waals surface area contributed by atoms with Crippen LogP contribution >= 0.6 is 0 Å². The topological polar surface area (TPSA) is 57.6 Å². The third-order valence-corrected chi connectivity index (χ3v) is 5.06. The summed E-state index contributed by atoms with van der Waals surface area (Å²) in [6.07, 6.45) is 1.33. The van der Waals surface area contributed by atoms with Crippen molar-refractivity contribution < 1.29 is 17.9 Å². The second-order valence-corrected chi connectivity index (χ2v) is 6.15. The number of hydrogen-bond acceptors (Lipinski definition) is 3. The quantitative estimate of drug-likeness (QED) is 0.835. The molecule has 4 nitrogen and oxygen atoms in total. The molecule has 0 spiro atoms. The highest BCUT2D eigenvalue weighted by Crippen LogP contribution is 2.21. The van der Waals surface area contributed by atoms with Gasteiger partial charge in [-0.1, -0.05) is 13.8 Å². The molecule has 19 heavy (non-hydrogen) atoms. The third-order valence-electron chi connectivity index (χ3n) is 3.09. The van der Waals surface area contributed by atoms with Gasteiger partial charge in [-0.2, -0.15) is 4.31 Å². The first-order valence-corrected chi connectivity index (χ1v) is 7.79. The van der Waals surface area contributed by atoms with Crippen LogP contribution < -0.4 is 0 Å². The predicted octanol–water partition coefficient (Wildman–Crippen LogP) is 2.00. The summed E-state index contributed by atoms with van der Waals surface area (Å²) in [5.74, 6) is -0.477. The molecule has 0 aliphatic heterocycles. The first-order chi connectivity index (χ1) is 8.97. The highest BCUT2D eigenvalue weighted by atomic mass is 32.2. The highest BCUT2D eigenvalue weighted by Gasteiger charge is 2.29. The molecule has 0 saturated carbocycles. The van der Waals surface area contributed by atoms with Crippen molar-refractivity contribution in [3.63, 3.8) is 0 Å². The summed E-state index contributed by atoms with van der Waals surface area (Å²) < 4.78 is 39.1. The van der Waals surface area contributed by atoms with Crippen molar-refractivity contribution in [3.8, 4) is 0 Å². The fourth-order valence-corrected chi connectivity index (χ4v) is 3.80. The van der Waals surface area contributed by atoms with Gasteiger partial charge in [0, 0.05) is 12.6 Å². The lowest BCUT2D eigenvalue weighted by molar-refractivity contribution is 0.219. The SMILES string of the molecule is CCC(CC)N(CCO)S(=O)(=O)c1ccc(F)cc1. The minimum absolute atomic E-state index is 0.0477. The maximum atomic E-state index is 12.9. The van der Waals surface area contributed by atoms with Crippen LogP contribution in [0.2, 0.25) is 0 Å². The molecule has 0 amide bonds. The van der Waals surface area contributed by atoms with E-state index in [0.717, 1.165) is 12.1 Å². The van der Waals surface area contributed by atoms with Crippen LogP contribution in [0.3, 0.4) is 0 Å². The van der Waals surface area contributed by atoms with E-state index in [0.29, 0.717) is 12.8 Å². The van der Waals surface area contributed by atoms with Crippen LogP contribution in [-0.2, 0) is 10.0 Å². The number of aliphatic hydroxyl groups excluding tert-OH is 1. The van der Waals surface area contributed by atoms with Gasteiger partial charge in [-0.25, -0.2) is 12.8 Å². The molecule has 0 aliphatic rings. The number of sulfonamides is 1. The first kappa shape index (κ1) is 16.1. The Morgan fingerprint density at radius 2 is 1.74 bits per heavy atom. The van der Waals surface area contributed by atoms with Crippen molar-refractivity contribution in [1.29, 1.82) is 0 Å². The molecule has 0 heterocycles. The Morgan fingerprint density at radius 1 is 1.21 bits per heavy atom. The average molecular weight is 289 g/mol. The smallest absolute Gasteiger partial charge is 0.243 e. The van der Waals surface area contributed by atoms with E-state index in [1.807, 2.05) is 13.8 Å². The summed E-state index contributed by atoms with van der Waals surface area (Å²) in [5.41, 5.74) is 0. The van der Waals surface area contributed by atoms with Gasteiger partial charge >= 0.3 is 0 Å². The van der Waals surface area contributed by atoms with E-state index in [-0.39, 0.29) is 24.1 Å². The third kappa shape index (κ3) is 3.75. The maximum Gasteiger partial charge on any atom is 0.243 e.